The molecule has 2 rings (SSSR count). The Morgan fingerprint density at radius 3 is 1.80 bits per heavy atom. The Balaban J connectivity index is 0. The van der Waals surface area contributed by atoms with Crippen LogP contribution in [0.4, 0.5) is 18.0 Å². The van der Waals surface area contributed by atoms with Gasteiger partial charge in [0.15, 0.2) is 0 Å². The highest BCUT2D eigenvalue weighted by Gasteiger charge is 2.43. The molecule has 314 valence electrons. The number of nitrogens with one attached hydrogen (secondary N) is 1. The summed E-state index contributed by atoms with van der Waals surface area (Å²) in [5.41, 5.74) is -0.586. The summed E-state index contributed by atoms with van der Waals surface area (Å²) in [5, 5.41) is 19.1. The van der Waals surface area contributed by atoms with E-state index in [1.807, 2.05) is 33.8 Å². The van der Waals surface area contributed by atoms with Crippen molar-refractivity contribution in [3.05, 3.63) is 38.0 Å². The number of ketones is 2. The van der Waals surface area contributed by atoms with Gasteiger partial charge in [-0.15, -0.1) is 19.7 Å². The molecule has 0 radical (unpaired) electrons. The number of halogens is 3. The molecule has 1 amide bonds. The topological polar surface area (TPSA) is 203 Å². The third kappa shape index (κ3) is 23.1. The Morgan fingerprint density at radius 2 is 1.36 bits per heavy atom. The molecule has 2 unspecified atom stereocenters. The van der Waals surface area contributed by atoms with Gasteiger partial charge in [-0.1, -0.05) is 25.2 Å². The van der Waals surface area contributed by atoms with Gasteiger partial charge in [0, 0.05) is 24.9 Å². The molecule has 14 nitrogen and oxygen atoms in total. The molecule has 2 aliphatic rings. The lowest BCUT2D eigenvalue weighted by Crippen LogP contribution is -2.47. The Bertz CT molecular complexity index is 1300. The molecule has 3 N–H and O–H groups in total. The van der Waals surface area contributed by atoms with E-state index in [1.54, 1.807) is 19.9 Å². The molecular formula is C38H59F3N2O12. The fraction of sp³-hybridized carbons (Fsp3) is 0.658. The lowest BCUT2D eigenvalue weighted by molar-refractivity contribution is -0.192. The Hall–Kier alpha value is -4.54. The lowest BCUT2D eigenvalue weighted by Gasteiger charge is -2.31. The van der Waals surface area contributed by atoms with Crippen LogP contribution in [0.25, 0.3) is 0 Å². The SMILES string of the molecule is C=CCC1CC[C@@H](C(=O)OCC)N1.C=CCC1CC[C@@H](C(=O)OCC)N1C(=O)OC(C)(C)C.C=CC[C@H](CC(=O)CC(=O)CC)C(=O)O.O=C(O)C(F)(F)F. The van der Waals surface area contributed by atoms with Crippen LogP contribution in [-0.2, 0) is 43.0 Å². The summed E-state index contributed by atoms with van der Waals surface area (Å²) in [4.78, 5) is 78.9. The highest BCUT2D eigenvalue weighted by Crippen LogP contribution is 2.29. The third-order valence-electron chi connectivity index (χ3n) is 7.67. The molecule has 0 aromatic rings. The minimum absolute atomic E-state index is 0.0447. The highest BCUT2D eigenvalue weighted by molar-refractivity contribution is 6.00. The minimum atomic E-state index is -5.08. The Kier molecular flexibility index (Phi) is 25.9. The smallest absolute Gasteiger partial charge is 0.481 e. The van der Waals surface area contributed by atoms with Gasteiger partial charge in [0.1, 0.15) is 29.3 Å². The van der Waals surface area contributed by atoms with E-state index in [4.69, 9.17) is 29.2 Å². The lowest BCUT2D eigenvalue weighted by atomic mass is 9.96. The first-order chi connectivity index (χ1) is 25.5. The molecule has 17 heteroatoms. The summed E-state index contributed by atoms with van der Waals surface area (Å²) in [6, 6.07) is -0.275. The molecule has 0 saturated carbocycles. The predicted octanol–water partition coefficient (Wildman–Crippen LogP) is 6.36. The van der Waals surface area contributed by atoms with E-state index >= 15 is 0 Å². The number of carbonyl (C=O) groups excluding carboxylic acids is 5. The highest BCUT2D eigenvalue weighted by atomic mass is 19.4. The summed E-state index contributed by atoms with van der Waals surface area (Å²) in [7, 11) is 0. The summed E-state index contributed by atoms with van der Waals surface area (Å²) >= 11 is 0. The number of carboxylic acids is 2. The Morgan fingerprint density at radius 1 is 0.818 bits per heavy atom. The van der Waals surface area contributed by atoms with Gasteiger partial charge in [0.2, 0.25) is 0 Å². The number of Topliss-reactive ketones (excluding diaryl/α,β-unsaturated/α-hetero) is 2. The van der Waals surface area contributed by atoms with Crippen LogP contribution in [0.1, 0.15) is 106 Å². The zero-order valence-corrected chi connectivity index (χ0v) is 32.8. The van der Waals surface area contributed by atoms with Gasteiger partial charge in [-0.2, -0.15) is 13.2 Å². The first-order valence-electron chi connectivity index (χ1n) is 18.0. The third-order valence-corrected chi connectivity index (χ3v) is 7.67. The van der Waals surface area contributed by atoms with Crippen LogP contribution in [0.2, 0.25) is 0 Å². The molecule has 0 aliphatic carbocycles. The fourth-order valence-electron chi connectivity index (χ4n) is 5.17. The van der Waals surface area contributed by atoms with E-state index in [2.05, 4.69) is 25.1 Å². The second-order valence-corrected chi connectivity index (χ2v) is 13.4. The monoisotopic (exact) mass is 792 g/mol. The largest absolute Gasteiger partial charge is 0.490 e. The van der Waals surface area contributed by atoms with Gasteiger partial charge in [0.05, 0.1) is 25.6 Å². The molecule has 2 saturated heterocycles. The van der Waals surface area contributed by atoms with Crippen LogP contribution < -0.4 is 5.32 Å². The number of nitrogens with zero attached hydrogens (tertiary/aromatic N) is 1. The van der Waals surface area contributed by atoms with Crippen LogP contribution >= 0.6 is 0 Å². The van der Waals surface area contributed by atoms with Crippen LogP contribution in [0.5, 0.6) is 0 Å². The summed E-state index contributed by atoms with van der Waals surface area (Å²) in [6.45, 7) is 22.3. The van der Waals surface area contributed by atoms with Crippen LogP contribution in [-0.4, -0.2) is 106 Å². The van der Waals surface area contributed by atoms with Crippen molar-refractivity contribution in [2.75, 3.05) is 13.2 Å². The molecule has 0 spiro atoms. The number of carbonyl (C=O) groups is 7. The van der Waals surface area contributed by atoms with E-state index in [0.717, 1.165) is 25.7 Å². The summed E-state index contributed by atoms with van der Waals surface area (Å²) < 4.78 is 47.1. The van der Waals surface area contributed by atoms with E-state index in [9.17, 15) is 41.9 Å². The van der Waals surface area contributed by atoms with Crippen molar-refractivity contribution in [1.82, 2.24) is 10.2 Å². The molecule has 0 aromatic carbocycles. The number of hydrogen-bond donors (Lipinski definition) is 3. The maximum atomic E-state index is 12.3. The van der Waals surface area contributed by atoms with E-state index in [0.29, 0.717) is 38.5 Å². The number of amides is 1. The number of likely N-dealkylation sites (tertiary alicyclic amines) is 1. The van der Waals surface area contributed by atoms with E-state index < -0.39 is 41.8 Å². The average molecular weight is 793 g/mol. The first kappa shape index (κ1) is 52.6. The van der Waals surface area contributed by atoms with E-state index in [1.165, 1.54) is 11.0 Å². The molecule has 0 bridgehead atoms. The standard InChI is InChI=1S/C15H25NO4.C11H16O4.C10H17NO2.C2HF3O2/c1-6-8-11-9-10-12(13(17)19-7-2)16(11)14(18)20-15(3,4)5;1-3-5-8(11(14)15)6-10(13)7-9(12)4-2;1-3-5-8-6-7-9(11-8)10(12)13-4-2;3-2(4,5)1(6)7/h6,11-12H,1,7-10H2,2-5H3;3,8H,1,4-7H2,2H3,(H,14,15);3,8-9,11H,1,4-7H2,2H3;(H,6,7)/t11?,12-;8-;8?,9-;/m010./s1. The van der Waals surface area contributed by atoms with Crippen molar-refractivity contribution in [2.24, 2.45) is 5.92 Å². The zero-order chi connectivity index (χ0) is 42.9. The van der Waals surface area contributed by atoms with Crippen molar-refractivity contribution in [3.8, 4) is 0 Å². The summed E-state index contributed by atoms with van der Waals surface area (Å²) in [6.07, 6.45) is 4.74. The maximum Gasteiger partial charge on any atom is 0.490 e. The number of allylic oxidation sites excluding steroid dienone is 1. The normalized spacial score (nSPS) is 19.3. The molecule has 55 heavy (non-hydrogen) atoms. The molecule has 2 heterocycles. The minimum Gasteiger partial charge on any atom is -0.481 e. The van der Waals surface area contributed by atoms with Crippen LogP contribution in [0.3, 0.4) is 0 Å². The average Bonchev–Trinajstić information content (AvgIpc) is 3.72. The van der Waals surface area contributed by atoms with Gasteiger partial charge >= 0.3 is 36.1 Å². The Labute approximate surface area is 321 Å². The molecule has 2 aliphatic heterocycles. The van der Waals surface area contributed by atoms with Gasteiger partial charge < -0.3 is 29.7 Å². The second-order valence-electron chi connectivity index (χ2n) is 13.4. The van der Waals surface area contributed by atoms with Gasteiger partial charge in [-0.25, -0.2) is 14.4 Å². The van der Waals surface area contributed by atoms with E-state index in [-0.39, 0.29) is 54.9 Å². The molecular weight excluding hydrogens is 733 g/mol. The predicted molar refractivity (Wildman–Crippen MR) is 197 cm³/mol. The van der Waals surface area contributed by atoms with Crippen molar-refractivity contribution in [3.63, 3.8) is 0 Å². The van der Waals surface area contributed by atoms with Crippen LogP contribution in [0.15, 0.2) is 38.0 Å². The first-order valence-corrected chi connectivity index (χ1v) is 18.0. The van der Waals surface area contributed by atoms with Crippen molar-refractivity contribution in [2.45, 2.75) is 142 Å². The van der Waals surface area contributed by atoms with Crippen molar-refractivity contribution >= 4 is 41.5 Å². The number of esters is 2. The number of alkyl halides is 3. The molecule has 5 atom stereocenters. The second kappa shape index (κ2) is 27.1. The van der Waals surface area contributed by atoms with Crippen molar-refractivity contribution in [1.29, 1.82) is 0 Å². The number of rotatable bonds is 16. The van der Waals surface area contributed by atoms with Crippen molar-refractivity contribution < 1.29 is 71.2 Å². The maximum absolute atomic E-state index is 12.3. The number of carboxylic acid groups (broad SMARTS) is 2. The van der Waals surface area contributed by atoms with Gasteiger partial charge in [-0.3, -0.25) is 24.1 Å². The number of hydrogen-bond acceptors (Lipinski definition) is 11. The van der Waals surface area contributed by atoms with Gasteiger partial charge in [-0.05, 0) is 79.6 Å². The zero-order valence-electron chi connectivity index (χ0n) is 32.8. The molecule has 2 fully saturated rings. The number of aliphatic carboxylic acids is 2. The molecule has 0 aromatic heterocycles. The summed E-state index contributed by atoms with van der Waals surface area (Å²) in [5.74, 6) is -5.46. The van der Waals surface area contributed by atoms with Crippen LogP contribution in [0, 0.1) is 5.92 Å². The fourth-order valence-corrected chi connectivity index (χ4v) is 5.17. The number of ether oxygens (including phenoxy) is 3. The quantitative estimate of drug-likeness (QED) is 0.0675. The van der Waals surface area contributed by atoms with Gasteiger partial charge in [0.25, 0.3) is 0 Å².